The number of rotatable bonds is 5. The highest BCUT2D eigenvalue weighted by Crippen LogP contribution is 2.14. The van der Waals surface area contributed by atoms with Gasteiger partial charge in [-0.1, -0.05) is 12.1 Å². The first-order chi connectivity index (χ1) is 7.54. The minimum absolute atomic E-state index is 0.328. The van der Waals surface area contributed by atoms with Crippen molar-refractivity contribution in [3.05, 3.63) is 29.8 Å². The van der Waals surface area contributed by atoms with Gasteiger partial charge in [-0.3, -0.25) is 4.79 Å². The molecule has 0 aliphatic heterocycles. The van der Waals surface area contributed by atoms with Crippen molar-refractivity contribution >= 4 is 11.6 Å². The first kappa shape index (κ1) is 12.5. The molecule has 1 rings (SSSR count). The van der Waals surface area contributed by atoms with E-state index in [0.717, 1.165) is 5.69 Å². The van der Waals surface area contributed by atoms with Gasteiger partial charge in [-0.2, -0.15) is 0 Å². The Hall–Kier alpha value is -1.55. The number of anilines is 1. The lowest BCUT2D eigenvalue weighted by Gasteiger charge is -2.24. The van der Waals surface area contributed by atoms with E-state index in [-0.39, 0.29) is 11.9 Å². The Morgan fingerprint density at radius 3 is 2.75 bits per heavy atom. The zero-order valence-electron chi connectivity index (χ0n) is 10.0. The van der Waals surface area contributed by atoms with Crippen LogP contribution in [-0.2, 0) is 4.79 Å². The largest absolute Gasteiger partial charge is 0.372 e. The Bertz CT molecular complexity index is 365. The smallest absolute Gasteiger partial charge is 0.236 e. The van der Waals surface area contributed by atoms with E-state index in [1.165, 1.54) is 5.56 Å². The fraction of sp³-hybridized carbons (Fsp3) is 0.417. The first-order valence-corrected chi connectivity index (χ1v) is 5.29. The number of carbonyl (C=O) groups is 1. The third-order valence-corrected chi connectivity index (χ3v) is 2.59. The monoisotopic (exact) mass is 221 g/mol. The van der Waals surface area contributed by atoms with E-state index in [2.05, 4.69) is 11.4 Å². The van der Waals surface area contributed by atoms with Crippen LogP contribution in [0.1, 0.15) is 5.56 Å². The molecule has 16 heavy (non-hydrogen) atoms. The van der Waals surface area contributed by atoms with Crippen LogP contribution in [0.3, 0.4) is 0 Å². The lowest BCUT2D eigenvalue weighted by atomic mass is 10.2. The number of nitrogens with two attached hydrogens (primary N) is 1. The van der Waals surface area contributed by atoms with E-state index < -0.39 is 0 Å². The van der Waals surface area contributed by atoms with Crippen LogP contribution in [0, 0.1) is 6.92 Å². The van der Waals surface area contributed by atoms with Crippen LogP contribution in [0.15, 0.2) is 24.3 Å². The number of hydrogen-bond acceptors (Lipinski definition) is 3. The minimum Gasteiger partial charge on any atom is -0.372 e. The molecule has 1 amide bonds. The van der Waals surface area contributed by atoms with E-state index in [4.69, 9.17) is 5.73 Å². The molecular formula is C12H19N3O. The molecule has 0 heterocycles. The lowest BCUT2D eigenvalue weighted by molar-refractivity contribution is -0.119. The second-order valence-corrected chi connectivity index (χ2v) is 3.96. The number of carbonyl (C=O) groups excluding carboxylic acids is 1. The van der Waals surface area contributed by atoms with Crippen LogP contribution in [0.2, 0.25) is 0 Å². The third-order valence-electron chi connectivity index (χ3n) is 2.59. The number of primary amides is 1. The Morgan fingerprint density at radius 2 is 2.25 bits per heavy atom. The Kier molecular flexibility index (Phi) is 4.31. The van der Waals surface area contributed by atoms with Crippen molar-refractivity contribution in [2.24, 2.45) is 5.73 Å². The van der Waals surface area contributed by atoms with Crippen molar-refractivity contribution in [2.45, 2.75) is 13.0 Å². The summed E-state index contributed by atoms with van der Waals surface area (Å²) < 4.78 is 0. The van der Waals surface area contributed by atoms with Gasteiger partial charge in [0, 0.05) is 19.3 Å². The highest BCUT2D eigenvalue weighted by Gasteiger charge is 2.15. The van der Waals surface area contributed by atoms with Crippen LogP contribution >= 0.6 is 0 Å². The number of likely N-dealkylation sites (N-methyl/N-ethyl adjacent to an activating group) is 2. The normalized spacial score (nSPS) is 12.2. The van der Waals surface area contributed by atoms with E-state index in [1.54, 1.807) is 7.05 Å². The van der Waals surface area contributed by atoms with Gasteiger partial charge in [0.2, 0.25) is 5.91 Å². The molecule has 0 saturated heterocycles. The lowest BCUT2D eigenvalue weighted by Crippen LogP contribution is -2.46. The summed E-state index contributed by atoms with van der Waals surface area (Å²) >= 11 is 0. The van der Waals surface area contributed by atoms with Crippen molar-refractivity contribution in [3.8, 4) is 0 Å². The molecule has 0 spiro atoms. The first-order valence-electron chi connectivity index (χ1n) is 5.29. The maximum atomic E-state index is 11.1. The molecule has 1 atom stereocenters. The van der Waals surface area contributed by atoms with Gasteiger partial charge in [0.05, 0.1) is 0 Å². The number of hydrogen-bond donors (Lipinski definition) is 2. The standard InChI is InChI=1S/C12H19N3O/c1-9-5-4-6-10(7-9)15(3)8-11(14-2)12(13)16/h4-7,11,14H,8H2,1-3H3,(H2,13,16). The summed E-state index contributed by atoms with van der Waals surface area (Å²) in [5.41, 5.74) is 7.56. The van der Waals surface area contributed by atoms with E-state index in [1.807, 2.05) is 37.1 Å². The van der Waals surface area contributed by atoms with E-state index in [9.17, 15) is 4.79 Å². The molecule has 88 valence electrons. The number of nitrogens with zero attached hydrogens (tertiary/aromatic N) is 1. The predicted octanol–water partition coefficient (Wildman–Crippen LogP) is 0.505. The van der Waals surface area contributed by atoms with Gasteiger partial charge in [0.25, 0.3) is 0 Å². The molecular weight excluding hydrogens is 202 g/mol. The number of amides is 1. The summed E-state index contributed by atoms with van der Waals surface area (Å²) in [5, 5.41) is 2.90. The zero-order valence-corrected chi connectivity index (χ0v) is 10.0. The molecule has 3 N–H and O–H groups in total. The number of benzene rings is 1. The molecule has 0 bridgehead atoms. The van der Waals surface area contributed by atoms with Crippen LogP contribution in [0.4, 0.5) is 5.69 Å². The molecule has 1 aromatic carbocycles. The topological polar surface area (TPSA) is 58.4 Å². The summed E-state index contributed by atoms with van der Waals surface area (Å²) in [4.78, 5) is 13.1. The summed E-state index contributed by atoms with van der Waals surface area (Å²) in [6.07, 6.45) is 0. The highest BCUT2D eigenvalue weighted by atomic mass is 16.1. The maximum absolute atomic E-state index is 11.1. The van der Waals surface area contributed by atoms with Crippen LogP contribution in [0.25, 0.3) is 0 Å². The van der Waals surface area contributed by atoms with Gasteiger partial charge in [-0.25, -0.2) is 0 Å². The predicted molar refractivity (Wildman–Crippen MR) is 66.5 cm³/mol. The van der Waals surface area contributed by atoms with Crippen molar-refractivity contribution in [3.63, 3.8) is 0 Å². The van der Waals surface area contributed by atoms with Crippen molar-refractivity contribution < 1.29 is 4.79 Å². The molecule has 0 fully saturated rings. The summed E-state index contributed by atoms with van der Waals surface area (Å²) in [6, 6.07) is 7.81. The molecule has 0 aliphatic carbocycles. The van der Waals surface area contributed by atoms with Gasteiger partial charge in [-0.15, -0.1) is 0 Å². The van der Waals surface area contributed by atoms with Crippen molar-refractivity contribution in [1.82, 2.24) is 5.32 Å². The molecule has 0 radical (unpaired) electrons. The second-order valence-electron chi connectivity index (χ2n) is 3.96. The van der Waals surface area contributed by atoms with Gasteiger partial charge in [0.1, 0.15) is 6.04 Å². The van der Waals surface area contributed by atoms with E-state index >= 15 is 0 Å². The number of nitrogens with one attached hydrogen (secondary N) is 1. The molecule has 1 unspecified atom stereocenters. The molecule has 0 aliphatic rings. The van der Waals surface area contributed by atoms with Gasteiger partial charge in [0.15, 0.2) is 0 Å². The molecule has 0 saturated carbocycles. The van der Waals surface area contributed by atoms with Gasteiger partial charge >= 0.3 is 0 Å². The minimum atomic E-state index is -0.331. The second kappa shape index (κ2) is 5.51. The zero-order chi connectivity index (χ0) is 12.1. The summed E-state index contributed by atoms with van der Waals surface area (Å²) in [7, 11) is 3.68. The average Bonchev–Trinajstić information content (AvgIpc) is 2.25. The van der Waals surface area contributed by atoms with Crippen LogP contribution in [0.5, 0.6) is 0 Å². The molecule has 4 heteroatoms. The Balaban J connectivity index is 2.71. The number of aryl methyl sites for hydroxylation is 1. The van der Waals surface area contributed by atoms with Gasteiger partial charge < -0.3 is 16.0 Å². The molecule has 4 nitrogen and oxygen atoms in total. The van der Waals surface area contributed by atoms with Crippen LogP contribution in [-0.4, -0.2) is 32.6 Å². The summed E-state index contributed by atoms with van der Waals surface area (Å²) in [5.74, 6) is -0.331. The maximum Gasteiger partial charge on any atom is 0.236 e. The van der Waals surface area contributed by atoms with Crippen molar-refractivity contribution in [2.75, 3.05) is 25.5 Å². The summed E-state index contributed by atoms with van der Waals surface area (Å²) in [6.45, 7) is 2.61. The van der Waals surface area contributed by atoms with Crippen molar-refractivity contribution in [1.29, 1.82) is 0 Å². The van der Waals surface area contributed by atoms with E-state index in [0.29, 0.717) is 6.54 Å². The highest BCUT2D eigenvalue weighted by molar-refractivity contribution is 5.80. The molecule has 1 aromatic rings. The van der Waals surface area contributed by atoms with Crippen LogP contribution < -0.4 is 16.0 Å². The SMILES string of the molecule is CNC(CN(C)c1cccc(C)c1)C(N)=O. The fourth-order valence-electron chi connectivity index (χ4n) is 1.57. The Labute approximate surface area is 96.4 Å². The average molecular weight is 221 g/mol. The fourth-order valence-corrected chi connectivity index (χ4v) is 1.57. The quantitative estimate of drug-likeness (QED) is 0.761. The van der Waals surface area contributed by atoms with Gasteiger partial charge in [-0.05, 0) is 31.7 Å². The third kappa shape index (κ3) is 3.24. The molecule has 0 aromatic heterocycles. The Morgan fingerprint density at radius 1 is 1.56 bits per heavy atom.